The molecule has 1 atom stereocenters. The first-order valence-electron chi connectivity index (χ1n) is 5.82. The number of nitrogens with zero attached hydrogens (tertiary/aromatic N) is 1. The van der Waals surface area contributed by atoms with E-state index in [1.54, 1.807) is 32.2 Å². The highest BCUT2D eigenvalue weighted by Gasteiger charge is 2.15. The molecule has 0 saturated heterocycles. The molecule has 0 saturated carbocycles. The zero-order valence-corrected chi connectivity index (χ0v) is 11.6. The largest absolute Gasteiger partial charge is 0.481 e. The van der Waals surface area contributed by atoms with Gasteiger partial charge in [-0.2, -0.15) is 0 Å². The Morgan fingerprint density at radius 3 is 2.63 bits per heavy atom. The van der Waals surface area contributed by atoms with Crippen LogP contribution in [-0.2, 0) is 9.59 Å². The van der Waals surface area contributed by atoms with Crippen molar-refractivity contribution in [2.45, 2.75) is 6.92 Å². The molecule has 1 rings (SSSR count). The maximum atomic E-state index is 11.8. The van der Waals surface area contributed by atoms with Crippen LogP contribution in [0.15, 0.2) is 30.3 Å². The van der Waals surface area contributed by atoms with E-state index in [0.29, 0.717) is 5.02 Å². The lowest BCUT2D eigenvalue weighted by atomic mass is 10.1. The van der Waals surface area contributed by atoms with Crippen LogP contribution in [0.4, 0.5) is 0 Å². The molecule has 0 heterocycles. The van der Waals surface area contributed by atoms with Gasteiger partial charge in [0, 0.05) is 24.7 Å². The number of carboxylic acids is 1. The van der Waals surface area contributed by atoms with Crippen LogP contribution in [0.5, 0.6) is 0 Å². The van der Waals surface area contributed by atoms with Gasteiger partial charge in [-0.05, 0) is 17.7 Å². The van der Waals surface area contributed by atoms with Crippen LogP contribution in [0, 0.1) is 5.92 Å². The van der Waals surface area contributed by atoms with Gasteiger partial charge in [0.2, 0.25) is 5.91 Å². The van der Waals surface area contributed by atoms with Crippen molar-refractivity contribution in [1.82, 2.24) is 4.90 Å². The van der Waals surface area contributed by atoms with Crippen LogP contribution in [0.3, 0.4) is 0 Å². The summed E-state index contributed by atoms with van der Waals surface area (Å²) in [6.07, 6.45) is 3.00. The Labute approximate surface area is 117 Å². The number of likely N-dealkylation sites (N-methyl/N-ethyl adjacent to an activating group) is 1. The number of carboxylic acid groups (broad SMARTS) is 1. The summed E-state index contributed by atoms with van der Waals surface area (Å²) in [5, 5.41) is 9.35. The lowest BCUT2D eigenvalue weighted by Gasteiger charge is -2.17. The predicted molar refractivity (Wildman–Crippen MR) is 74.9 cm³/mol. The Kier molecular flexibility index (Phi) is 5.57. The van der Waals surface area contributed by atoms with Gasteiger partial charge in [0.25, 0.3) is 0 Å². The normalized spacial score (nSPS) is 12.4. The van der Waals surface area contributed by atoms with Crippen molar-refractivity contribution >= 4 is 29.6 Å². The molecule has 0 aliphatic rings. The summed E-state index contributed by atoms with van der Waals surface area (Å²) in [4.78, 5) is 23.9. The summed E-state index contributed by atoms with van der Waals surface area (Å²) in [5.74, 6) is -1.77. The highest BCUT2D eigenvalue weighted by molar-refractivity contribution is 6.32. The molecule has 1 aromatic rings. The number of carbonyl (C=O) groups excluding carboxylic acids is 1. The topological polar surface area (TPSA) is 57.6 Å². The smallest absolute Gasteiger partial charge is 0.308 e. The van der Waals surface area contributed by atoms with E-state index in [1.165, 1.54) is 11.0 Å². The first-order valence-corrected chi connectivity index (χ1v) is 6.20. The maximum Gasteiger partial charge on any atom is 0.308 e. The van der Waals surface area contributed by atoms with Crippen molar-refractivity contribution in [3.8, 4) is 0 Å². The van der Waals surface area contributed by atoms with Gasteiger partial charge in [-0.15, -0.1) is 0 Å². The van der Waals surface area contributed by atoms with Crippen LogP contribution in [0.1, 0.15) is 12.5 Å². The summed E-state index contributed by atoms with van der Waals surface area (Å²) < 4.78 is 0. The van der Waals surface area contributed by atoms with Crippen molar-refractivity contribution < 1.29 is 14.7 Å². The van der Waals surface area contributed by atoms with Gasteiger partial charge in [-0.25, -0.2) is 0 Å². The van der Waals surface area contributed by atoms with E-state index < -0.39 is 11.9 Å². The van der Waals surface area contributed by atoms with Crippen LogP contribution in [0.25, 0.3) is 6.08 Å². The minimum atomic E-state index is -0.922. The van der Waals surface area contributed by atoms with Gasteiger partial charge in [-0.1, -0.05) is 36.7 Å². The second-order valence-electron chi connectivity index (χ2n) is 4.31. The first kappa shape index (κ1) is 15.2. The van der Waals surface area contributed by atoms with Crippen LogP contribution in [0.2, 0.25) is 5.02 Å². The Morgan fingerprint density at radius 2 is 2.05 bits per heavy atom. The standard InChI is InChI=1S/C14H16ClNO3/c1-10(14(18)19)9-16(2)13(17)8-7-11-5-3-4-6-12(11)15/h3-8,10H,9H2,1-2H3,(H,18,19)/b8-7+. The average Bonchev–Trinajstić information content (AvgIpc) is 2.37. The summed E-state index contributed by atoms with van der Waals surface area (Å²) in [6, 6.07) is 7.17. The lowest BCUT2D eigenvalue weighted by Crippen LogP contribution is -2.32. The second-order valence-corrected chi connectivity index (χ2v) is 4.72. The van der Waals surface area contributed by atoms with Crippen molar-refractivity contribution in [3.05, 3.63) is 40.9 Å². The van der Waals surface area contributed by atoms with Crippen molar-refractivity contribution in [1.29, 1.82) is 0 Å². The summed E-state index contributed by atoms with van der Waals surface area (Å²) in [7, 11) is 1.57. The third kappa shape index (κ3) is 4.75. The summed E-state index contributed by atoms with van der Waals surface area (Å²) in [5.41, 5.74) is 0.747. The fourth-order valence-corrected chi connectivity index (χ4v) is 1.68. The molecule has 1 amide bonds. The number of carbonyl (C=O) groups is 2. The maximum absolute atomic E-state index is 11.8. The Bertz CT molecular complexity index is 499. The molecular formula is C14H16ClNO3. The van der Waals surface area contributed by atoms with Gasteiger partial charge in [-0.3, -0.25) is 9.59 Å². The Morgan fingerprint density at radius 1 is 1.42 bits per heavy atom. The molecule has 0 aliphatic carbocycles. The Balaban J connectivity index is 2.64. The molecule has 1 aromatic carbocycles. The molecule has 19 heavy (non-hydrogen) atoms. The highest BCUT2D eigenvalue weighted by atomic mass is 35.5. The SMILES string of the molecule is CC(CN(C)C(=O)/C=C/c1ccccc1Cl)C(=O)O. The van der Waals surface area contributed by atoms with Crippen molar-refractivity contribution in [3.63, 3.8) is 0 Å². The van der Waals surface area contributed by atoms with Crippen LogP contribution >= 0.6 is 11.6 Å². The number of amides is 1. The van der Waals surface area contributed by atoms with E-state index in [4.69, 9.17) is 16.7 Å². The van der Waals surface area contributed by atoms with E-state index >= 15 is 0 Å². The molecule has 1 N–H and O–H groups in total. The summed E-state index contributed by atoms with van der Waals surface area (Å²) in [6.45, 7) is 1.73. The van der Waals surface area contributed by atoms with Gasteiger partial charge >= 0.3 is 5.97 Å². The minimum absolute atomic E-state index is 0.168. The van der Waals surface area contributed by atoms with Crippen molar-refractivity contribution in [2.24, 2.45) is 5.92 Å². The van der Waals surface area contributed by atoms with Gasteiger partial charge in [0.1, 0.15) is 0 Å². The van der Waals surface area contributed by atoms with Crippen LogP contribution in [-0.4, -0.2) is 35.5 Å². The lowest BCUT2D eigenvalue weighted by molar-refractivity contribution is -0.142. The number of halogens is 1. The molecule has 0 fully saturated rings. The molecule has 0 aromatic heterocycles. The molecule has 0 spiro atoms. The molecule has 4 nitrogen and oxygen atoms in total. The number of benzene rings is 1. The predicted octanol–water partition coefficient (Wildman–Crippen LogP) is 2.53. The number of aliphatic carboxylic acids is 1. The molecule has 0 bridgehead atoms. The van der Waals surface area contributed by atoms with Gasteiger partial charge in [0.15, 0.2) is 0 Å². The quantitative estimate of drug-likeness (QED) is 0.844. The van der Waals surface area contributed by atoms with Gasteiger partial charge < -0.3 is 10.0 Å². The van der Waals surface area contributed by atoms with Crippen molar-refractivity contribution in [2.75, 3.05) is 13.6 Å². The van der Waals surface area contributed by atoms with E-state index in [1.807, 2.05) is 12.1 Å². The third-order valence-corrected chi connectivity index (χ3v) is 3.00. The van der Waals surface area contributed by atoms with E-state index in [0.717, 1.165) is 5.56 Å². The zero-order valence-electron chi connectivity index (χ0n) is 10.8. The molecule has 1 unspecified atom stereocenters. The zero-order chi connectivity index (χ0) is 14.4. The fraction of sp³-hybridized carbons (Fsp3) is 0.286. The molecule has 0 aliphatic heterocycles. The highest BCUT2D eigenvalue weighted by Crippen LogP contribution is 2.16. The molecule has 5 heteroatoms. The monoisotopic (exact) mass is 281 g/mol. The molecule has 0 radical (unpaired) electrons. The first-order chi connectivity index (χ1) is 8.91. The molecule has 102 valence electrons. The van der Waals surface area contributed by atoms with E-state index in [9.17, 15) is 9.59 Å². The van der Waals surface area contributed by atoms with E-state index in [-0.39, 0.29) is 12.5 Å². The van der Waals surface area contributed by atoms with Gasteiger partial charge in [0.05, 0.1) is 5.92 Å². The second kappa shape index (κ2) is 6.95. The Hall–Kier alpha value is -1.81. The molecular weight excluding hydrogens is 266 g/mol. The number of rotatable bonds is 5. The van der Waals surface area contributed by atoms with Crippen LogP contribution < -0.4 is 0 Å². The summed E-state index contributed by atoms with van der Waals surface area (Å²) >= 11 is 5.96. The average molecular weight is 282 g/mol. The minimum Gasteiger partial charge on any atom is -0.481 e. The fourth-order valence-electron chi connectivity index (χ4n) is 1.48. The number of hydrogen-bond acceptors (Lipinski definition) is 2. The van der Waals surface area contributed by atoms with E-state index in [2.05, 4.69) is 0 Å². The third-order valence-electron chi connectivity index (χ3n) is 2.66. The number of hydrogen-bond donors (Lipinski definition) is 1.